The van der Waals surface area contributed by atoms with Gasteiger partial charge in [-0.3, -0.25) is 9.69 Å². The molecule has 0 saturated carbocycles. The quantitative estimate of drug-likeness (QED) is 0.734. The molecule has 2 unspecified atom stereocenters. The molecular formula is C21H21BrN2O2S. The maximum atomic E-state index is 13.4. The number of carbonyl (C=O) groups excluding carboxylic acids is 1. The van der Waals surface area contributed by atoms with Gasteiger partial charge in [0, 0.05) is 18.6 Å². The first-order valence-corrected chi connectivity index (χ1v) is 10.2. The summed E-state index contributed by atoms with van der Waals surface area (Å²) in [6, 6.07) is 14.2. The lowest BCUT2D eigenvalue weighted by molar-refractivity contribution is -0.129. The molecule has 2 aliphatic rings. The van der Waals surface area contributed by atoms with Gasteiger partial charge in [-0.2, -0.15) is 0 Å². The van der Waals surface area contributed by atoms with Crippen molar-refractivity contribution in [2.45, 2.75) is 30.9 Å². The number of halogens is 1. The second-order valence-corrected chi connectivity index (χ2v) is 8.44. The van der Waals surface area contributed by atoms with Crippen LogP contribution in [-0.4, -0.2) is 36.2 Å². The highest BCUT2D eigenvalue weighted by molar-refractivity contribution is 9.10. The number of methoxy groups -OCH3 is 1. The van der Waals surface area contributed by atoms with E-state index in [2.05, 4.69) is 33.4 Å². The smallest absolute Gasteiger partial charge is 0.263 e. The number of ether oxygens (including phenoxy) is 1. The second-order valence-electron chi connectivity index (χ2n) is 7.14. The molecule has 1 heterocycles. The van der Waals surface area contributed by atoms with Crippen LogP contribution in [0.2, 0.25) is 0 Å². The first kappa shape index (κ1) is 18.6. The van der Waals surface area contributed by atoms with Crippen molar-refractivity contribution in [2.75, 3.05) is 14.2 Å². The topological polar surface area (TPSA) is 41.6 Å². The van der Waals surface area contributed by atoms with Gasteiger partial charge in [0.15, 0.2) is 10.7 Å². The SMILES string of the molecule is COC1CCc2cc(C3(c4cccc(Br)c4)NC(=S)N(C)C3=O)ccc2C1. The van der Waals surface area contributed by atoms with Crippen molar-refractivity contribution in [3.63, 3.8) is 0 Å². The number of hydrogen-bond acceptors (Lipinski definition) is 3. The van der Waals surface area contributed by atoms with Crippen LogP contribution < -0.4 is 5.32 Å². The van der Waals surface area contributed by atoms with Gasteiger partial charge in [0.05, 0.1) is 6.10 Å². The standard InChI is InChI=1S/C21H21BrN2O2S/c1-24-19(25)21(23-20(24)27,15-4-3-5-17(22)12-15)16-8-6-14-11-18(26-2)9-7-13(14)10-16/h3-6,8,10,12,18H,7,9,11H2,1-2H3,(H,23,27). The molecule has 4 nitrogen and oxygen atoms in total. The maximum Gasteiger partial charge on any atom is 0.263 e. The lowest BCUT2D eigenvalue weighted by atomic mass is 9.79. The van der Waals surface area contributed by atoms with Gasteiger partial charge in [0.1, 0.15) is 0 Å². The fraction of sp³-hybridized carbons (Fsp3) is 0.333. The van der Waals surface area contributed by atoms with Crippen LogP contribution in [0.1, 0.15) is 28.7 Å². The van der Waals surface area contributed by atoms with Crippen molar-refractivity contribution in [3.05, 3.63) is 69.2 Å². The third-order valence-electron chi connectivity index (χ3n) is 5.64. The summed E-state index contributed by atoms with van der Waals surface area (Å²) >= 11 is 8.95. The third kappa shape index (κ3) is 3.00. The summed E-state index contributed by atoms with van der Waals surface area (Å²) in [7, 11) is 3.49. The molecule has 140 valence electrons. The minimum absolute atomic E-state index is 0.0591. The number of rotatable bonds is 3. The Hall–Kier alpha value is -1.76. The van der Waals surface area contributed by atoms with Crippen LogP contribution in [-0.2, 0) is 27.9 Å². The predicted molar refractivity (Wildman–Crippen MR) is 113 cm³/mol. The average Bonchev–Trinajstić information content (AvgIpc) is 2.92. The van der Waals surface area contributed by atoms with Crippen LogP contribution in [0.3, 0.4) is 0 Å². The number of nitrogens with one attached hydrogen (secondary N) is 1. The number of aryl methyl sites for hydroxylation is 1. The second kappa shape index (κ2) is 7.00. The largest absolute Gasteiger partial charge is 0.381 e. The molecule has 1 aliphatic heterocycles. The maximum absolute atomic E-state index is 13.4. The Morgan fingerprint density at radius 2 is 2.00 bits per heavy atom. The van der Waals surface area contributed by atoms with Crippen molar-refractivity contribution < 1.29 is 9.53 Å². The summed E-state index contributed by atoms with van der Waals surface area (Å²) < 4.78 is 6.46. The molecule has 0 bridgehead atoms. The monoisotopic (exact) mass is 444 g/mol. The Labute approximate surface area is 173 Å². The van der Waals surface area contributed by atoms with Crippen LogP contribution in [0.25, 0.3) is 0 Å². The highest BCUT2D eigenvalue weighted by Crippen LogP contribution is 2.38. The number of amides is 1. The van der Waals surface area contributed by atoms with Crippen molar-refractivity contribution >= 4 is 39.2 Å². The molecule has 2 aromatic carbocycles. The Kier molecular flexibility index (Phi) is 4.82. The number of nitrogens with zero attached hydrogens (tertiary/aromatic N) is 1. The van der Waals surface area contributed by atoms with E-state index in [0.717, 1.165) is 34.9 Å². The Balaban J connectivity index is 1.86. The first-order valence-electron chi connectivity index (χ1n) is 8.97. The molecule has 1 fully saturated rings. The molecule has 1 aliphatic carbocycles. The molecule has 1 amide bonds. The van der Waals surface area contributed by atoms with Crippen LogP contribution in [0.5, 0.6) is 0 Å². The first-order chi connectivity index (χ1) is 13.0. The summed E-state index contributed by atoms with van der Waals surface area (Å²) in [6.45, 7) is 0. The van der Waals surface area contributed by atoms with Crippen molar-refractivity contribution in [2.24, 2.45) is 0 Å². The number of likely N-dealkylation sites (N-methyl/N-ethyl adjacent to an activating group) is 1. The molecule has 2 atom stereocenters. The molecule has 1 N–H and O–H groups in total. The lowest BCUT2D eigenvalue weighted by Gasteiger charge is -2.31. The number of hydrogen-bond donors (Lipinski definition) is 1. The molecule has 0 aromatic heterocycles. The number of thiocarbonyl (C=S) groups is 1. The molecule has 6 heteroatoms. The summed E-state index contributed by atoms with van der Waals surface area (Å²) in [6.07, 6.45) is 3.13. The highest BCUT2D eigenvalue weighted by atomic mass is 79.9. The van der Waals surface area contributed by atoms with E-state index in [4.69, 9.17) is 17.0 Å². The van der Waals surface area contributed by atoms with Gasteiger partial charge in [-0.1, -0.05) is 46.3 Å². The summed E-state index contributed by atoms with van der Waals surface area (Å²) in [4.78, 5) is 14.9. The van der Waals surface area contributed by atoms with Crippen molar-refractivity contribution in [3.8, 4) is 0 Å². The van der Waals surface area contributed by atoms with E-state index >= 15 is 0 Å². The molecule has 1 saturated heterocycles. The van der Waals surface area contributed by atoms with Crippen LogP contribution in [0.15, 0.2) is 46.9 Å². The van der Waals surface area contributed by atoms with Gasteiger partial charge in [0.2, 0.25) is 0 Å². The van der Waals surface area contributed by atoms with E-state index in [0.29, 0.717) is 5.11 Å². The van der Waals surface area contributed by atoms with Crippen LogP contribution in [0, 0.1) is 0 Å². The van der Waals surface area contributed by atoms with Crippen LogP contribution in [0.4, 0.5) is 0 Å². The zero-order valence-electron chi connectivity index (χ0n) is 15.3. The summed E-state index contributed by atoms with van der Waals surface area (Å²) in [5, 5.41) is 3.76. The fourth-order valence-corrected chi connectivity index (χ4v) is 4.71. The zero-order chi connectivity index (χ0) is 19.2. The minimum atomic E-state index is -0.997. The van der Waals surface area contributed by atoms with E-state index in [9.17, 15) is 4.79 Å². The van der Waals surface area contributed by atoms with Gasteiger partial charge < -0.3 is 10.1 Å². The summed E-state index contributed by atoms with van der Waals surface area (Å²) in [5.41, 5.74) is 3.38. The highest BCUT2D eigenvalue weighted by Gasteiger charge is 2.51. The molecule has 4 rings (SSSR count). The van der Waals surface area contributed by atoms with Gasteiger partial charge in [-0.05, 0) is 65.9 Å². The van der Waals surface area contributed by atoms with Crippen molar-refractivity contribution in [1.82, 2.24) is 10.2 Å². The Morgan fingerprint density at radius 3 is 2.67 bits per heavy atom. The minimum Gasteiger partial charge on any atom is -0.381 e. The van der Waals surface area contributed by atoms with E-state index in [-0.39, 0.29) is 12.0 Å². The predicted octanol–water partition coefficient (Wildman–Crippen LogP) is 3.54. The fourth-order valence-electron chi connectivity index (χ4n) is 4.08. The molecular weight excluding hydrogens is 424 g/mol. The normalized spacial score (nSPS) is 24.7. The molecule has 2 aromatic rings. The Bertz CT molecular complexity index is 932. The Morgan fingerprint density at radius 1 is 1.22 bits per heavy atom. The van der Waals surface area contributed by atoms with E-state index in [1.165, 1.54) is 16.0 Å². The van der Waals surface area contributed by atoms with E-state index in [1.54, 1.807) is 14.2 Å². The van der Waals surface area contributed by atoms with Gasteiger partial charge in [-0.15, -0.1) is 0 Å². The van der Waals surface area contributed by atoms with Crippen LogP contribution >= 0.6 is 28.1 Å². The average molecular weight is 445 g/mol. The number of carbonyl (C=O) groups is 1. The van der Waals surface area contributed by atoms with Gasteiger partial charge >= 0.3 is 0 Å². The van der Waals surface area contributed by atoms with Gasteiger partial charge in [-0.25, -0.2) is 0 Å². The lowest BCUT2D eigenvalue weighted by Crippen LogP contribution is -2.45. The number of benzene rings is 2. The van der Waals surface area contributed by atoms with Gasteiger partial charge in [0.25, 0.3) is 5.91 Å². The molecule has 0 spiro atoms. The molecule has 0 radical (unpaired) electrons. The third-order valence-corrected chi connectivity index (χ3v) is 6.51. The summed E-state index contributed by atoms with van der Waals surface area (Å²) in [5.74, 6) is -0.0591. The number of fused-ring (bicyclic) bond motifs is 1. The molecule has 27 heavy (non-hydrogen) atoms. The van der Waals surface area contributed by atoms with E-state index in [1.807, 2.05) is 30.3 Å². The van der Waals surface area contributed by atoms with E-state index < -0.39 is 5.54 Å². The van der Waals surface area contributed by atoms with Crippen molar-refractivity contribution in [1.29, 1.82) is 0 Å². The zero-order valence-corrected chi connectivity index (χ0v) is 17.7.